The van der Waals surface area contributed by atoms with E-state index in [1.807, 2.05) is 36.9 Å². The highest BCUT2D eigenvalue weighted by Gasteiger charge is 2.37. The van der Waals surface area contributed by atoms with Gasteiger partial charge in [-0.1, -0.05) is 60.7 Å². The van der Waals surface area contributed by atoms with Crippen LogP contribution in [0.4, 0.5) is 4.79 Å². The Kier molecular flexibility index (Phi) is 7.69. The third kappa shape index (κ3) is 6.16. The molecule has 4 rings (SSSR count). The van der Waals surface area contributed by atoms with E-state index < -0.39 is 0 Å². The summed E-state index contributed by atoms with van der Waals surface area (Å²) in [6, 6.07) is 21.0. The number of likely N-dealkylation sites (tertiary alicyclic amines) is 2. The van der Waals surface area contributed by atoms with E-state index in [1.54, 1.807) is 0 Å². The normalized spacial score (nSPS) is 21.8. The number of nitrogens with zero attached hydrogens (tertiary/aromatic N) is 2. The van der Waals surface area contributed by atoms with Crippen molar-refractivity contribution in [3.8, 4) is 0 Å². The van der Waals surface area contributed by atoms with Crippen LogP contribution in [0.25, 0.3) is 0 Å². The molecule has 2 aromatic carbocycles. The van der Waals surface area contributed by atoms with Gasteiger partial charge in [0.1, 0.15) is 0 Å². The molecule has 2 fully saturated rings. The van der Waals surface area contributed by atoms with E-state index in [-0.39, 0.29) is 29.8 Å². The third-order valence-electron chi connectivity index (χ3n) is 7.06. The average Bonchev–Trinajstić information content (AvgIpc) is 2.84. The summed E-state index contributed by atoms with van der Waals surface area (Å²) in [7, 11) is 0. The van der Waals surface area contributed by atoms with Gasteiger partial charge in [0.2, 0.25) is 5.91 Å². The van der Waals surface area contributed by atoms with Gasteiger partial charge in [-0.2, -0.15) is 0 Å². The quantitative estimate of drug-likeness (QED) is 0.723. The molecule has 2 aliphatic rings. The van der Waals surface area contributed by atoms with Gasteiger partial charge in [-0.15, -0.1) is 0 Å². The van der Waals surface area contributed by atoms with Crippen molar-refractivity contribution in [1.82, 2.24) is 15.1 Å². The van der Waals surface area contributed by atoms with E-state index in [0.29, 0.717) is 19.0 Å². The topological polar surface area (TPSA) is 52.7 Å². The van der Waals surface area contributed by atoms with Crippen LogP contribution in [0, 0.1) is 11.8 Å². The second-order valence-electron chi connectivity index (χ2n) is 10.0. The number of hydrogen-bond acceptors (Lipinski definition) is 2. The summed E-state index contributed by atoms with van der Waals surface area (Å²) in [5.74, 6) is 0.888. The predicted molar refractivity (Wildman–Crippen MR) is 132 cm³/mol. The van der Waals surface area contributed by atoms with E-state index in [9.17, 15) is 9.59 Å². The van der Waals surface area contributed by atoms with Gasteiger partial charge in [-0.25, -0.2) is 4.79 Å². The van der Waals surface area contributed by atoms with Gasteiger partial charge in [0.05, 0.1) is 5.92 Å². The van der Waals surface area contributed by atoms with Crippen LogP contribution in [0.1, 0.15) is 50.2 Å². The van der Waals surface area contributed by atoms with Crippen molar-refractivity contribution in [2.45, 2.75) is 51.5 Å². The molecule has 3 amide bonds. The lowest BCUT2D eigenvalue weighted by atomic mass is 9.83. The maximum atomic E-state index is 13.6. The van der Waals surface area contributed by atoms with Crippen molar-refractivity contribution in [3.05, 3.63) is 71.8 Å². The zero-order valence-corrected chi connectivity index (χ0v) is 20.0. The summed E-state index contributed by atoms with van der Waals surface area (Å²) < 4.78 is 0. The van der Waals surface area contributed by atoms with Gasteiger partial charge in [-0.05, 0) is 56.6 Å². The summed E-state index contributed by atoms with van der Waals surface area (Å²) in [6.07, 6.45) is 3.99. The lowest BCUT2D eigenvalue weighted by Gasteiger charge is -2.41. The molecule has 1 N–H and O–H groups in total. The van der Waals surface area contributed by atoms with Crippen LogP contribution in [0.3, 0.4) is 0 Å². The minimum Gasteiger partial charge on any atom is -0.342 e. The van der Waals surface area contributed by atoms with E-state index in [2.05, 4.69) is 52.7 Å². The Morgan fingerprint density at radius 1 is 0.909 bits per heavy atom. The van der Waals surface area contributed by atoms with E-state index in [0.717, 1.165) is 38.8 Å². The van der Waals surface area contributed by atoms with Crippen LogP contribution in [0.2, 0.25) is 0 Å². The fraction of sp³-hybridized carbons (Fsp3) is 0.500. The first-order valence-electron chi connectivity index (χ1n) is 12.4. The molecule has 2 aromatic rings. The van der Waals surface area contributed by atoms with Crippen LogP contribution in [-0.2, 0) is 11.2 Å². The van der Waals surface area contributed by atoms with Crippen LogP contribution >= 0.6 is 0 Å². The number of nitrogens with one attached hydrogen (secondary N) is 1. The van der Waals surface area contributed by atoms with Crippen LogP contribution in [0.15, 0.2) is 60.7 Å². The standard InChI is InChI=1S/C28H37N3O2/c1-21(2)29-28(33)31-19-25(24-11-7-4-8-12-24)18-26(20-31)27(32)30-15-13-23(14-16-30)17-22-9-5-3-6-10-22/h3-12,21,23,25-26H,13-20H2,1-2H3,(H,29,33). The fourth-order valence-corrected chi connectivity index (χ4v) is 5.31. The first-order chi connectivity index (χ1) is 16.0. The highest BCUT2D eigenvalue weighted by Crippen LogP contribution is 2.32. The van der Waals surface area contributed by atoms with Crippen molar-refractivity contribution in [1.29, 1.82) is 0 Å². The van der Waals surface area contributed by atoms with Crippen molar-refractivity contribution in [3.63, 3.8) is 0 Å². The molecule has 5 heteroatoms. The van der Waals surface area contributed by atoms with E-state index >= 15 is 0 Å². The van der Waals surface area contributed by atoms with Crippen molar-refractivity contribution < 1.29 is 9.59 Å². The molecule has 2 heterocycles. The highest BCUT2D eigenvalue weighted by molar-refractivity contribution is 5.81. The van der Waals surface area contributed by atoms with Crippen molar-refractivity contribution in [2.24, 2.45) is 11.8 Å². The average molecular weight is 448 g/mol. The summed E-state index contributed by atoms with van der Waals surface area (Å²) >= 11 is 0. The SMILES string of the molecule is CC(C)NC(=O)N1CC(C(=O)N2CCC(Cc3ccccc3)CC2)CC(c2ccccc2)C1. The molecular formula is C28H37N3O2. The number of urea groups is 1. The van der Waals surface area contributed by atoms with Gasteiger partial charge in [0.25, 0.3) is 0 Å². The number of hydrogen-bond donors (Lipinski definition) is 1. The zero-order valence-electron chi connectivity index (χ0n) is 20.0. The monoisotopic (exact) mass is 447 g/mol. The van der Waals surface area contributed by atoms with Gasteiger partial charge in [0.15, 0.2) is 0 Å². The van der Waals surface area contributed by atoms with Crippen LogP contribution in [0.5, 0.6) is 0 Å². The van der Waals surface area contributed by atoms with Crippen molar-refractivity contribution >= 4 is 11.9 Å². The molecule has 2 unspecified atom stereocenters. The molecule has 176 valence electrons. The molecule has 0 aromatic heterocycles. The summed E-state index contributed by atoms with van der Waals surface area (Å²) in [4.78, 5) is 30.3. The molecule has 0 saturated carbocycles. The number of carbonyl (C=O) groups excluding carboxylic acids is 2. The Balaban J connectivity index is 1.40. The molecule has 33 heavy (non-hydrogen) atoms. The largest absolute Gasteiger partial charge is 0.342 e. The smallest absolute Gasteiger partial charge is 0.317 e. The van der Waals surface area contributed by atoms with E-state index in [4.69, 9.17) is 0 Å². The van der Waals surface area contributed by atoms with Gasteiger partial charge >= 0.3 is 6.03 Å². The van der Waals surface area contributed by atoms with E-state index in [1.165, 1.54) is 11.1 Å². The number of piperidine rings is 2. The molecule has 2 saturated heterocycles. The molecule has 0 aliphatic carbocycles. The Hall–Kier alpha value is -2.82. The maximum absolute atomic E-state index is 13.6. The fourth-order valence-electron chi connectivity index (χ4n) is 5.31. The number of rotatable bonds is 5. The predicted octanol–water partition coefficient (Wildman–Crippen LogP) is 4.69. The lowest BCUT2D eigenvalue weighted by molar-refractivity contribution is -0.138. The summed E-state index contributed by atoms with van der Waals surface area (Å²) in [5.41, 5.74) is 2.59. The molecular weight excluding hydrogens is 410 g/mol. The molecule has 2 aliphatic heterocycles. The third-order valence-corrected chi connectivity index (χ3v) is 7.06. The van der Waals surface area contributed by atoms with Gasteiger partial charge in [-0.3, -0.25) is 4.79 Å². The van der Waals surface area contributed by atoms with Crippen LogP contribution in [-0.4, -0.2) is 54.0 Å². The number of benzene rings is 2. The molecule has 2 atom stereocenters. The Morgan fingerprint density at radius 3 is 2.18 bits per heavy atom. The van der Waals surface area contributed by atoms with Crippen LogP contribution < -0.4 is 5.32 Å². The first kappa shape index (κ1) is 23.3. The summed E-state index contributed by atoms with van der Waals surface area (Å²) in [5, 5.41) is 3.01. The Bertz CT molecular complexity index is 907. The number of carbonyl (C=O) groups is 2. The first-order valence-corrected chi connectivity index (χ1v) is 12.4. The van der Waals surface area contributed by atoms with Crippen molar-refractivity contribution in [2.75, 3.05) is 26.2 Å². The minimum atomic E-state index is -0.146. The lowest BCUT2D eigenvalue weighted by Crippen LogP contribution is -2.53. The minimum absolute atomic E-state index is 0.0648. The van der Waals surface area contributed by atoms with Gasteiger partial charge in [0, 0.05) is 38.1 Å². The summed E-state index contributed by atoms with van der Waals surface area (Å²) in [6.45, 7) is 6.75. The molecule has 5 nitrogen and oxygen atoms in total. The molecule has 0 spiro atoms. The Labute approximate surface area is 198 Å². The molecule has 0 bridgehead atoms. The van der Waals surface area contributed by atoms with Gasteiger partial charge < -0.3 is 15.1 Å². The maximum Gasteiger partial charge on any atom is 0.317 e. The molecule has 0 radical (unpaired) electrons. The highest BCUT2D eigenvalue weighted by atomic mass is 16.2. The Morgan fingerprint density at radius 2 is 1.55 bits per heavy atom. The number of amides is 3. The second-order valence-corrected chi connectivity index (χ2v) is 10.0. The second kappa shape index (κ2) is 10.9. The zero-order chi connectivity index (χ0) is 23.2.